The lowest BCUT2D eigenvalue weighted by atomic mass is 9.95. The lowest BCUT2D eigenvalue weighted by molar-refractivity contribution is 0.335. The van der Waals surface area contributed by atoms with Gasteiger partial charge in [-0.15, -0.1) is 6.58 Å². The molecule has 48 valence electrons. The van der Waals surface area contributed by atoms with Gasteiger partial charge in [0, 0.05) is 6.42 Å². The molecule has 2 rings (SSSR count). The van der Waals surface area contributed by atoms with Gasteiger partial charge >= 0.3 is 0 Å². The highest BCUT2D eigenvalue weighted by molar-refractivity contribution is 5.21. The zero-order chi connectivity index (χ0) is 6.32. The highest BCUT2D eigenvalue weighted by Crippen LogP contribution is 2.45. The van der Waals surface area contributed by atoms with Crippen LogP contribution in [0.25, 0.3) is 0 Å². The van der Waals surface area contributed by atoms with Crippen LogP contribution in [0.1, 0.15) is 12.8 Å². The third kappa shape index (κ3) is 0.583. The van der Waals surface area contributed by atoms with E-state index in [1.54, 1.807) is 0 Å². The lowest BCUT2D eigenvalue weighted by Crippen LogP contribution is -2.12. The van der Waals surface area contributed by atoms with Crippen LogP contribution in [-0.2, 0) is 4.74 Å². The molecule has 1 heterocycles. The highest BCUT2D eigenvalue weighted by Gasteiger charge is 2.53. The van der Waals surface area contributed by atoms with Crippen molar-refractivity contribution in [3.63, 3.8) is 0 Å². The number of fused-ring (bicyclic) bond motifs is 1. The molecule has 0 aromatic rings. The number of ether oxygens (including phenoxy) is 1. The molecule has 0 saturated carbocycles. The molecule has 0 aromatic carbocycles. The fraction of sp³-hybridized carbons (Fsp3) is 0.500. The highest BCUT2D eigenvalue weighted by atomic mass is 16.6. The number of hydrogen-bond donors (Lipinski definition) is 0. The van der Waals surface area contributed by atoms with Gasteiger partial charge in [-0.25, -0.2) is 0 Å². The SMILES string of the molecule is C=CC12CC=CCC1O2. The Balaban J connectivity index is 2.19. The van der Waals surface area contributed by atoms with E-state index in [1.165, 1.54) is 0 Å². The van der Waals surface area contributed by atoms with Crippen molar-refractivity contribution in [2.75, 3.05) is 0 Å². The zero-order valence-corrected chi connectivity index (χ0v) is 5.34. The van der Waals surface area contributed by atoms with Crippen molar-refractivity contribution in [2.24, 2.45) is 0 Å². The Kier molecular flexibility index (Phi) is 0.862. The van der Waals surface area contributed by atoms with E-state index < -0.39 is 0 Å². The van der Waals surface area contributed by atoms with Crippen LogP contribution in [0.15, 0.2) is 24.8 Å². The van der Waals surface area contributed by atoms with Crippen molar-refractivity contribution in [3.8, 4) is 0 Å². The second kappa shape index (κ2) is 1.48. The van der Waals surface area contributed by atoms with Gasteiger partial charge in [-0.1, -0.05) is 18.2 Å². The predicted octanol–water partition coefficient (Wildman–Crippen LogP) is 1.66. The lowest BCUT2D eigenvalue weighted by Gasteiger charge is -2.05. The molecule has 1 nitrogen and oxygen atoms in total. The van der Waals surface area contributed by atoms with Crippen LogP contribution in [-0.4, -0.2) is 11.7 Å². The second-order valence-corrected chi connectivity index (χ2v) is 2.68. The summed E-state index contributed by atoms with van der Waals surface area (Å²) in [5, 5.41) is 0. The third-order valence-electron chi connectivity index (χ3n) is 2.15. The van der Waals surface area contributed by atoms with E-state index >= 15 is 0 Å². The standard InChI is InChI=1S/C8H10O/c1-2-8-6-4-3-5-7(8)9-8/h2-4,7H,1,5-6H2. The maximum atomic E-state index is 5.43. The van der Waals surface area contributed by atoms with E-state index in [4.69, 9.17) is 4.74 Å². The van der Waals surface area contributed by atoms with Crippen LogP contribution in [0.2, 0.25) is 0 Å². The average molecular weight is 122 g/mol. The van der Waals surface area contributed by atoms with E-state index in [0.717, 1.165) is 12.8 Å². The molecule has 1 saturated heterocycles. The quantitative estimate of drug-likeness (QED) is 0.380. The van der Waals surface area contributed by atoms with Gasteiger partial charge in [0.2, 0.25) is 0 Å². The third-order valence-corrected chi connectivity index (χ3v) is 2.15. The summed E-state index contributed by atoms with van der Waals surface area (Å²) in [7, 11) is 0. The van der Waals surface area contributed by atoms with E-state index in [2.05, 4.69) is 18.7 Å². The summed E-state index contributed by atoms with van der Waals surface area (Å²) in [6.07, 6.45) is 8.85. The molecule has 0 aromatic heterocycles. The molecular formula is C8H10O. The number of hydrogen-bond acceptors (Lipinski definition) is 1. The maximum Gasteiger partial charge on any atom is 0.116 e. The van der Waals surface area contributed by atoms with E-state index in [-0.39, 0.29) is 5.60 Å². The monoisotopic (exact) mass is 122 g/mol. The largest absolute Gasteiger partial charge is 0.361 e. The summed E-state index contributed by atoms with van der Waals surface area (Å²) < 4.78 is 5.43. The molecule has 2 unspecified atom stereocenters. The molecule has 1 aliphatic carbocycles. The van der Waals surface area contributed by atoms with Gasteiger partial charge in [0.25, 0.3) is 0 Å². The van der Waals surface area contributed by atoms with E-state index in [0.29, 0.717) is 6.10 Å². The Morgan fingerprint density at radius 2 is 2.56 bits per heavy atom. The molecule has 0 bridgehead atoms. The normalized spacial score (nSPS) is 46.0. The first-order valence-corrected chi connectivity index (χ1v) is 3.34. The van der Waals surface area contributed by atoms with Gasteiger partial charge in [-0.3, -0.25) is 0 Å². The molecule has 0 amide bonds. The van der Waals surface area contributed by atoms with Crippen molar-refractivity contribution >= 4 is 0 Å². The van der Waals surface area contributed by atoms with Crippen LogP contribution < -0.4 is 0 Å². The molecule has 9 heavy (non-hydrogen) atoms. The van der Waals surface area contributed by atoms with Gasteiger partial charge < -0.3 is 4.74 Å². The minimum Gasteiger partial charge on any atom is -0.361 e. The topological polar surface area (TPSA) is 12.5 Å². The second-order valence-electron chi connectivity index (χ2n) is 2.68. The Bertz CT molecular complexity index is 171. The van der Waals surface area contributed by atoms with E-state index in [1.807, 2.05) is 6.08 Å². The van der Waals surface area contributed by atoms with Crippen molar-refractivity contribution < 1.29 is 4.74 Å². The summed E-state index contributed by atoms with van der Waals surface area (Å²) in [6, 6.07) is 0. The summed E-state index contributed by atoms with van der Waals surface area (Å²) in [5.74, 6) is 0. The van der Waals surface area contributed by atoms with Gasteiger partial charge in [0.15, 0.2) is 0 Å². The first-order valence-electron chi connectivity index (χ1n) is 3.34. The van der Waals surface area contributed by atoms with Crippen LogP contribution in [0.4, 0.5) is 0 Å². The van der Waals surface area contributed by atoms with Gasteiger partial charge in [0.05, 0.1) is 6.10 Å². The molecule has 1 heteroatoms. The van der Waals surface area contributed by atoms with Crippen molar-refractivity contribution in [3.05, 3.63) is 24.8 Å². The Hall–Kier alpha value is -0.560. The summed E-state index contributed by atoms with van der Waals surface area (Å²) >= 11 is 0. The Morgan fingerprint density at radius 3 is 3.11 bits per heavy atom. The molecule has 2 aliphatic rings. The molecule has 1 fully saturated rings. The van der Waals surface area contributed by atoms with Gasteiger partial charge in [0.1, 0.15) is 5.60 Å². The first kappa shape index (κ1) is 5.24. The minimum atomic E-state index is 0.0642. The Labute approximate surface area is 55.0 Å². The van der Waals surface area contributed by atoms with Crippen molar-refractivity contribution in [2.45, 2.75) is 24.5 Å². The van der Waals surface area contributed by atoms with Gasteiger partial charge in [-0.05, 0) is 6.42 Å². The fourth-order valence-electron chi connectivity index (χ4n) is 1.41. The smallest absolute Gasteiger partial charge is 0.116 e. The van der Waals surface area contributed by atoms with Crippen LogP contribution in [0, 0.1) is 0 Å². The summed E-state index contributed by atoms with van der Waals surface area (Å²) in [6.45, 7) is 3.74. The van der Waals surface area contributed by atoms with Crippen LogP contribution in [0.5, 0.6) is 0 Å². The molecule has 0 radical (unpaired) electrons. The predicted molar refractivity (Wildman–Crippen MR) is 36.2 cm³/mol. The Morgan fingerprint density at radius 1 is 1.67 bits per heavy atom. The summed E-state index contributed by atoms with van der Waals surface area (Å²) in [5.41, 5.74) is 0.0642. The fourth-order valence-corrected chi connectivity index (χ4v) is 1.41. The summed E-state index contributed by atoms with van der Waals surface area (Å²) in [4.78, 5) is 0. The molecule has 2 atom stereocenters. The maximum absolute atomic E-state index is 5.43. The minimum absolute atomic E-state index is 0.0642. The molecular weight excluding hydrogens is 112 g/mol. The number of epoxide rings is 1. The van der Waals surface area contributed by atoms with Gasteiger partial charge in [-0.2, -0.15) is 0 Å². The molecule has 1 aliphatic heterocycles. The zero-order valence-electron chi connectivity index (χ0n) is 5.34. The molecule has 0 N–H and O–H groups in total. The van der Waals surface area contributed by atoms with Crippen LogP contribution >= 0.6 is 0 Å². The van der Waals surface area contributed by atoms with Crippen molar-refractivity contribution in [1.29, 1.82) is 0 Å². The first-order chi connectivity index (χ1) is 4.37. The van der Waals surface area contributed by atoms with Crippen molar-refractivity contribution in [1.82, 2.24) is 0 Å². The average Bonchev–Trinajstić information content (AvgIpc) is 2.62. The van der Waals surface area contributed by atoms with Crippen LogP contribution in [0.3, 0.4) is 0 Å². The van der Waals surface area contributed by atoms with E-state index in [9.17, 15) is 0 Å². The molecule has 0 spiro atoms. The number of rotatable bonds is 1.